The average molecular weight is 250 g/mol. The fourth-order valence-corrected chi connectivity index (χ4v) is 2.73. The van der Waals surface area contributed by atoms with E-state index in [1.54, 1.807) is 0 Å². The van der Waals surface area contributed by atoms with E-state index in [1.165, 1.54) is 31.6 Å². The van der Waals surface area contributed by atoms with Gasteiger partial charge < -0.3 is 9.88 Å². The summed E-state index contributed by atoms with van der Waals surface area (Å²) in [4.78, 5) is 0. The van der Waals surface area contributed by atoms with Crippen molar-refractivity contribution >= 4 is 0 Å². The van der Waals surface area contributed by atoms with Gasteiger partial charge in [0.2, 0.25) is 0 Å². The molecular formula is C14H26N4. The van der Waals surface area contributed by atoms with Crippen LogP contribution in [0.2, 0.25) is 0 Å². The van der Waals surface area contributed by atoms with Gasteiger partial charge in [-0.1, -0.05) is 13.8 Å². The van der Waals surface area contributed by atoms with Gasteiger partial charge in [-0.2, -0.15) is 0 Å². The van der Waals surface area contributed by atoms with Crippen molar-refractivity contribution in [2.45, 2.75) is 53.0 Å². The Kier molecular flexibility index (Phi) is 4.75. The number of aryl methyl sites for hydroxylation is 1. The lowest BCUT2D eigenvalue weighted by Gasteiger charge is -2.15. The Balaban J connectivity index is 2.03. The predicted octanol–water partition coefficient (Wildman–Crippen LogP) is 2.17. The number of hydrogen-bond acceptors (Lipinski definition) is 3. The molecule has 1 aliphatic rings. The SMILES string of the molecule is Cc1nnc(CC2CCCNCC2)n1CC(C)C. The molecule has 0 saturated carbocycles. The second-order valence-electron chi connectivity index (χ2n) is 5.92. The largest absolute Gasteiger partial charge is 0.317 e. The quantitative estimate of drug-likeness (QED) is 0.890. The second kappa shape index (κ2) is 6.32. The molecule has 1 N–H and O–H groups in total. The van der Waals surface area contributed by atoms with Gasteiger partial charge in [-0.25, -0.2) is 0 Å². The van der Waals surface area contributed by atoms with Crippen LogP contribution in [0.15, 0.2) is 0 Å². The third-order valence-electron chi connectivity index (χ3n) is 3.73. The summed E-state index contributed by atoms with van der Waals surface area (Å²) in [6.45, 7) is 9.93. The van der Waals surface area contributed by atoms with Crippen molar-refractivity contribution in [3.05, 3.63) is 11.6 Å². The molecule has 1 aromatic heterocycles. The third kappa shape index (κ3) is 3.55. The Morgan fingerprint density at radius 3 is 2.89 bits per heavy atom. The first-order valence-electron chi connectivity index (χ1n) is 7.26. The zero-order valence-electron chi connectivity index (χ0n) is 11.9. The topological polar surface area (TPSA) is 42.7 Å². The Bertz CT molecular complexity index is 362. The molecule has 4 nitrogen and oxygen atoms in total. The van der Waals surface area contributed by atoms with Gasteiger partial charge in [0.15, 0.2) is 0 Å². The number of rotatable bonds is 4. The lowest BCUT2D eigenvalue weighted by Crippen LogP contribution is -2.16. The van der Waals surface area contributed by atoms with Gasteiger partial charge in [-0.3, -0.25) is 0 Å². The van der Waals surface area contributed by atoms with Crippen LogP contribution in [0.1, 0.15) is 44.8 Å². The molecule has 102 valence electrons. The molecule has 1 aromatic rings. The molecule has 2 rings (SSSR count). The Morgan fingerprint density at radius 1 is 1.28 bits per heavy atom. The maximum Gasteiger partial charge on any atom is 0.133 e. The van der Waals surface area contributed by atoms with Crippen LogP contribution >= 0.6 is 0 Å². The molecule has 0 aliphatic carbocycles. The lowest BCUT2D eigenvalue weighted by molar-refractivity contribution is 0.431. The Morgan fingerprint density at radius 2 is 2.11 bits per heavy atom. The summed E-state index contributed by atoms with van der Waals surface area (Å²) in [6.07, 6.45) is 4.98. The van der Waals surface area contributed by atoms with E-state index in [4.69, 9.17) is 0 Å². The summed E-state index contributed by atoms with van der Waals surface area (Å²) >= 11 is 0. The maximum absolute atomic E-state index is 4.39. The molecule has 0 radical (unpaired) electrons. The highest BCUT2D eigenvalue weighted by Crippen LogP contribution is 2.19. The van der Waals surface area contributed by atoms with Crippen LogP contribution in [-0.4, -0.2) is 27.9 Å². The fourth-order valence-electron chi connectivity index (χ4n) is 2.73. The van der Waals surface area contributed by atoms with Gasteiger partial charge in [-0.15, -0.1) is 10.2 Å². The first-order chi connectivity index (χ1) is 8.66. The number of nitrogens with zero attached hydrogens (tertiary/aromatic N) is 3. The van der Waals surface area contributed by atoms with E-state index < -0.39 is 0 Å². The van der Waals surface area contributed by atoms with E-state index in [-0.39, 0.29) is 0 Å². The first-order valence-corrected chi connectivity index (χ1v) is 7.26. The van der Waals surface area contributed by atoms with Crippen molar-refractivity contribution in [3.8, 4) is 0 Å². The van der Waals surface area contributed by atoms with E-state index in [1.807, 2.05) is 0 Å². The molecule has 4 heteroatoms. The summed E-state index contributed by atoms with van der Waals surface area (Å²) in [7, 11) is 0. The molecular weight excluding hydrogens is 224 g/mol. The number of aromatic nitrogens is 3. The predicted molar refractivity (Wildman–Crippen MR) is 73.5 cm³/mol. The highest BCUT2D eigenvalue weighted by molar-refractivity contribution is 4.96. The second-order valence-corrected chi connectivity index (χ2v) is 5.92. The molecule has 0 bridgehead atoms. The summed E-state index contributed by atoms with van der Waals surface area (Å²) in [6, 6.07) is 0. The minimum atomic E-state index is 0.647. The van der Waals surface area contributed by atoms with Crippen LogP contribution in [0, 0.1) is 18.8 Å². The molecule has 1 saturated heterocycles. The van der Waals surface area contributed by atoms with Crippen molar-refractivity contribution in [1.82, 2.24) is 20.1 Å². The maximum atomic E-state index is 4.39. The van der Waals surface area contributed by atoms with Crippen molar-refractivity contribution in [2.24, 2.45) is 11.8 Å². The lowest BCUT2D eigenvalue weighted by atomic mass is 9.96. The average Bonchev–Trinajstić information content (AvgIpc) is 2.57. The van der Waals surface area contributed by atoms with Crippen LogP contribution < -0.4 is 5.32 Å². The standard InChI is InChI=1S/C14H26N4/c1-11(2)10-18-12(3)16-17-14(18)9-13-5-4-7-15-8-6-13/h11,13,15H,4-10H2,1-3H3. The van der Waals surface area contributed by atoms with Gasteiger partial charge in [-0.05, 0) is 51.1 Å². The smallest absolute Gasteiger partial charge is 0.133 e. The Hall–Kier alpha value is -0.900. The first kappa shape index (κ1) is 13.5. The van der Waals surface area contributed by atoms with Crippen LogP contribution in [0.4, 0.5) is 0 Å². The van der Waals surface area contributed by atoms with Gasteiger partial charge >= 0.3 is 0 Å². The zero-order chi connectivity index (χ0) is 13.0. The minimum absolute atomic E-state index is 0.647. The van der Waals surface area contributed by atoms with Crippen LogP contribution in [-0.2, 0) is 13.0 Å². The molecule has 1 fully saturated rings. The molecule has 2 heterocycles. The number of nitrogens with one attached hydrogen (secondary N) is 1. The van der Waals surface area contributed by atoms with E-state index >= 15 is 0 Å². The van der Waals surface area contributed by atoms with E-state index in [9.17, 15) is 0 Å². The summed E-state index contributed by atoms with van der Waals surface area (Å²) < 4.78 is 2.31. The highest BCUT2D eigenvalue weighted by Gasteiger charge is 2.17. The third-order valence-corrected chi connectivity index (χ3v) is 3.73. The van der Waals surface area contributed by atoms with Crippen LogP contribution in [0.3, 0.4) is 0 Å². The molecule has 18 heavy (non-hydrogen) atoms. The van der Waals surface area contributed by atoms with Gasteiger partial charge in [0.25, 0.3) is 0 Å². The van der Waals surface area contributed by atoms with Gasteiger partial charge in [0.05, 0.1) is 0 Å². The van der Waals surface area contributed by atoms with Gasteiger partial charge in [0, 0.05) is 13.0 Å². The number of hydrogen-bond donors (Lipinski definition) is 1. The molecule has 0 aromatic carbocycles. The zero-order valence-corrected chi connectivity index (χ0v) is 11.9. The molecule has 0 spiro atoms. The highest BCUT2D eigenvalue weighted by atomic mass is 15.3. The summed E-state index contributed by atoms with van der Waals surface area (Å²) in [5, 5.41) is 12.1. The minimum Gasteiger partial charge on any atom is -0.317 e. The monoisotopic (exact) mass is 250 g/mol. The van der Waals surface area contributed by atoms with Crippen molar-refractivity contribution < 1.29 is 0 Å². The normalized spacial score (nSPS) is 21.2. The summed E-state index contributed by atoms with van der Waals surface area (Å²) in [5.74, 6) is 3.67. The molecule has 1 atom stereocenters. The molecule has 0 amide bonds. The van der Waals surface area contributed by atoms with Crippen molar-refractivity contribution in [2.75, 3.05) is 13.1 Å². The summed E-state index contributed by atoms with van der Waals surface area (Å²) in [5.41, 5.74) is 0. The fraction of sp³-hybridized carbons (Fsp3) is 0.857. The van der Waals surface area contributed by atoms with E-state index in [2.05, 4.69) is 40.9 Å². The van der Waals surface area contributed by atoms with Crippen LogP contribution in [0.25, 0.3) is 0 Å². The van der Waals surface area contributed by atoms with Gasteiger partial charge in [0.1, 0.15) is 11.6 Å². The van der Waals surface area contributed by atoms with Crippen molar-refractivity contribution in [3.63, 3.8) is 0 Å². The van der Waals surface area contributed by atoms with E-state index in [0.29, 0.717) is 5.92 Å². The van der Waals surface area contributed by atoms with Crippen LogP contribution in [0.5, 0.6) is 0 Å². The molecule has 1 aliphatic heterocycles. The Labute approximate surface area is 110 Å². The van der Waals surface area contributed by atoms with Crippen molar-refractivity contribution in [1.29, 1.82) is 0 Å². The van der Waals surface area contributed by atoms with E-state index in [0.717, 1.165) is 31.3 Å². The molecule has 1 unspecified atom stereocenters.